The Labute approximate surface area is 296 Å². The van der Waals surface area contributed by atoms with Crippen LogP contribution in [0.4, 0.5) is 0 Å². The van der Waals surface area contributed by atoms with Crippen molar-refractivity contribution in [1.29, 1.82) is 0 Å². The molecule has 0 spiro atoms. The normalized spacial score (nSPS) is 18.0. The fourth-order valence-corrected chi connectivity index (χ4v) is 6.83. The van der Waals surface area contributed by atoms with Gasteiger partial charge in [-0.1, -0.05) is 235 Å². The molecule has 0 N–H and O–H groups in total. The molecule has 0 heterocycles. The lowest BCUT2D eigenvalue weighted by atomic mass is 9.70. The topological polar surface area (TPSA) is 0 Å². The van der Waals surface area contributed by atoms with Crippen molar-refractivity contribution in [2.45, 2.75) is 256 Å². The van der Waals surface area contributed by atoms with E-state index in [0.29, 0.717) is 0 Å². The van der Waals surface area contributed by atoms with Gasteiger partial charge in [0.2, 0.25) is 0 Å². The van der Waals surface area contributed by atoms with E-state index in [-0.39, 0.29) is 0 Å². The first-order chi connectivity index (χ1) is 22.2. The molecule has 1 saturated carbocycles. The molecular formula is C46H96. The van der Waals surface area contributed by atoms with Gasteiger partial charge in [0.05, 0.1) is 0 Å². The molecule has 280 valence electrons. The van der Waals surface area contributed by atoms with E-state index < -0.39 is 0 Å². The molecule has 0 aromatic rings. The Balaban J connectivity index is -0.000000731. The van der Waals surface area contributed by atoms with Crippen LogP contribution in [0.5, 0.6) is 0 Å². The first-order valence-corrected chi connectivity index (χ1v) is 21.9. The van der Waals surface area contributed by atoms with Crippen molar-refractivity contribution in [3.63, 3.8) is 0 Å². The third-order valence-corrected chi connectivity index (χ3v) is 10.6. The van der Waals surface area contributed by atoms with E-state index in [1.54, 1.807) is 0 Å². The smallest absolute Gasteiger partial charge is 0.0206 e. The average Bonchev–Trinajstić information content (AvgIpc) is 3.04. The van der Waals surface area contributed by atoms with Gasteiger partial charge in [-0.3, -0.25) is 0 Å². The highest BCUT2D eigenvalue weighted by molar-refractivity contribution is 4.99. The summed E-state index contributed by atoms with van der Waals surface area (Å²) in [6, 6.07) is 0. The van der Waals surface area contributed by atoms with Crippen LogP contribution in [0.2, 0.25) is 0 Å². The highest BCUT2D eigenvalue weighted by atomic mass is 14.3. The molecular weight excluding hydrogens is 553 g/mol. The highest BCUT2D eigenvalue weighted by Crippen LogP contribution is 2.39. The van der Waals surface area contributed by atoms with E-state index in [1.807, 2.05) is 13.8 Å². The average molecular weight is 649 g/mol. The Morgan fingerprint density at radius 3 is 1.11 bits per heavy atom. The zero-order valence-electron chi connectivity index (χ0n) is 34.9. The highest BCUT2D eigenvalue weighted by Gasteiger charge is 2.27. The van der Waals surface area contributed by atoms with Gasteiger partial charge < -0.3 is 0 Å². The summed E-state index contributed by atoms with van der Waals surface area (Å²) in [5.74, 6) is 4.43. The molecule has 0 aromatic carbocycles. The summed E-state index contributed by atoms with van der Waals surface area (Å²) in [6.45, 7) is 28.8. The molecule has 1 rings (SSSR count). The predicted molar refractivity (Wildman–Crippen MR) is 218 cm³/mol. The van der Waals surface area contributed by atoms with Gasteiger partial charge in [-0.05, 0) is 62.2 Å². The third kappa shape index (κ3) is 36.6. The third-order valence-electron chi connectivity index (χ3n) is 10.6. The fraction of sp³-hybridized carbons (Fsp3) is 0.957. The number of hydrogen-bond acceptors (Lipinski definition) is 0. The lowest BCUT2D eigenvalue weighted by molar-refractivity contribution is 0.187. The van der Waals surface area contributed by atoms with Crippen molar-refractivity contribution < 1.29 is 0 Å². The van der Waals surface area contributed by atoms with E-state index in [1.165, 1.54) is 185 Å². The van der Waals surface area contributed by atoms with Crippen LogP contribution >= 0.6 is 0 Å². The second-order valence-electron chi connectivity index (χ2n) is 15.7. The Morgan fingerprint density at radius 2 is 0.870 bits per heavy atom. The van der Waals surface area contributed by atoms with Gasteiger partial charge in [-0.15, -0.1) is 0 Å². The summed E-state index contributed by atoms with van der Waals surface area (Å²) in [5, 5.41) is 0. The molecule has 1 aliphatic carbocycles. The molecule has 0 amide bonds. The van der Waals surface area contributed by atoms with Crippen LogP contribution in [-0.2, 0) is 0 Å². The molecule has 46 heavy (non-hydrogen) atoms. The molecule has 0 aromatic heterocycles. The molecule has 1 aliphatic rings. The number of unbranched alkanes of at least 4 members (excludes halogenated alkanes) is 21. The number of hydrogen-bond donors (Lipinski definition) is 0. The van der Waals surface area contributed by atoms with Gasteiger partial charge in [-0.2, -0.15) is 0 Å². The molecule has 4 unspecified atom stereocenters. The van der Waals surface area contributed by atoms with Crippen molar-refractivity contribution >= 4 is 0 Å². The quantitative estimate of drug-likeness (QED) is 0.0646. The standard InChI is InChI=1S/C24H50.C17H32.C3H8.C2H6/c1-3-5-7-9-11-13-15-17-19-21-23-24-22-20-18-16-14-12-10-8-6-4-2;1-12(2)14(5)7-8-16-9-10-17(13(3)4)11-15(16)6;1-3-2;1-2/h3-24H2,1-2H3;12,14-17H,3,7-11H2,1-2,4-6H3;3H2,1-2H3;1-2H3. The van der Waals surface area contributed by atoms with Crippen LogP contribution in [0.15, 0.2) is 12.2 Å². The lowest BCUT2D eigenvalue weighted by Gasteiger charge is -2.35. The molecule has 0 heteroatoms. The van der Waals surface area contributed by atoms with Gasteiger partial charge in [0, 0.05) is 0 Å². The molecule has 4 atom stereocenters. The zero-order chi connectivity index (χ0) is 35.3. The second-order valence-corrected chi connectivity index (χ2v) is 15.7. The van der Waals surface area contributed by atoms with Crippen molar-refractivity contribution in [1.82, 2.24) is 0 Å². The largest absolute Gasteiger partial charge is 0.0999 e. The van der Waals surface area contributed by atoms with Gasteiger partial charge in [0.1, 0.15) is 0 Å². The van der Waals surface area contributed by atoms with E-state index in [9.17, 15) is 0 Å². The summed E-state index contributed by atoms with van der Waals surface area (Å²) < 4.78 is 0. The van der Waals surface area contributed by atoms with Crippen LogP contribution in [0.1, 0.15) is 256 Å². The molecule has 0 saturated heterocycles. The van der Waals surface area contributed by atoms with Crippen LogP contribution in [0.25, 0.3) is 0 Å². The first-order valence-electron chi connectivity index (χ1n) is 21.9. The maximum absolute atomic E-state index is 4.14. The van der Waals surface area contributed by atoms with Crippen LogP contribution in [-0.4, -0.2) is 0 Å². The zero-order valence-corrected chi connectivity index (χ0v) is 34.9. The Morgan fingerprint density at radius 1 is 0.565 bits per heavy atom. The van der Waals surface area contributed by atoms with Crippen molar-refractivity contribution in [2.75, 3.05) is 0 Å². The number of rotatable bonds is 26. The summed E-state index contributed by atoms with van der Waals surface area (Å²) in [4.78, 5) is 0. The lowest BCUT2D eigenvalue weighted by Crippen LogP contribution is -2.24. The predicted octanol–water partition coefficient (Wildman–Crippen LogP) is 17.7. The second kappa shape index (κ2) is 40.9. The number of allylic oxidation sites excluding steroid dienone is 1. The first kappa shape index (κ1) is 50.1. The van der Waals surface area contributed by atoms with Crippen LogP contribution < -0.4 is 0 Å². The monoisotopic (exact) mass is 649 g/mol. The Kier molecular flexibility index (Phi) is 44.6. The fourth-order valence-electron chi connectivity index (χ4n) is 6.83. The molecule has 0 aliphatic heterocycles. The molecule has 1 fully saturated rings. The van der Waals surface area contributed by atoms with E-state index >= 15 is 0 Å². The molecule has 0 radical (unpaired) electrons. The maximum atomic E-state index is 4.14. The minimum atomic E-state index is 0.809. The van der Waals surface area contributed by atoms with Crippen molar-refractivity contribution in [2.24, 2.45) is 29.6 Å². The van der Waals surface area contributed by atoms with Crippen LogP contribution in [0, 0.1) is 29.6 Å². The summed E-state index contributed by atoms with van der Waals surface area (Å²) in [5.41, 5.74) is 1.41. The van der Waals surface area contributed by atoms with Gasteiger partial charge in [0.25, 0.3) is 0 Å². The minimum Gasteiger partial charge on any atom is -0.0999 e. The SMILES string of the molecule is C=C(C)C1CCC(CCC(C)C(C)C)C(C)C1.CC.CCC.CCCCCCCCCCCCCCCCCCCCCCCC. The summed E-state index contributed by atoms with van der Waals surface area (Å²) in [6.07, 6.45) is 40.7. The van der Waals surface area contributed by atoms with E-state index in [2.05, 4.69) is 68.9 Å². The molecule has 0 bridgehead atoms. The molecule has 0 nitrogen and oxygen atoms in total. The Bertz CT molecular complexity index is 522. The van der Waals surface area contributed by atoms with Crippen molar-refractivity contribution in [3.05, 3.63) is 12.2 Å². The summed E-state index contributed by atoms with van der Waals surface area (Å²) in [7, 11) is 0. The van der Waals surface area contributed by atoms with E-state index in [0.717, 1.165) is 29.6 Å². The minimum absolute atomic E-state index is 0.809. The van der Waals surface area contributed by atoms with E-state index in [4.69, 9.17) is 0 Å². The van der Waals surface area contributed by atoms with Crippen molar-refractivity contribution in [3.8, 4) is 0 Å². The van der Waals surface area contributed by atoms with Gasteiger partial charge >= 0.3 is 0 Å². The van der Waals surface area contributed by atoms with Gasteiger partial charge in [0.15, 0.2) is 0 Å². The van der Waals surface area contributed by atoms with Crippen LogP contribution in [0.3, 0.4) is 0 Å². The van der Waals surface area contributed by atoms with Gasteiger partial charge in [-0.25, -0.2) is 0 Å². The summed E-state index contributed by atoms with van der Waals surface area (Å²) >= 11 is 0. The maximum Gasteiger partial charge on any atom is -0.0206 e. The Hall–Kier alpha value is -0.260.